The Balaban J connectivity index is 1.73. The van der Waals surface area contributed by atoms with Crippen LogP contribution in [0.3, 0.4) is 0 Å². The summed E-state index contributed by atoms with van der Waals surface area (Å²) in [5.41, 5.74) is 0. The maximum Gasteiger partial charge on any atom is 0.234 e. The van der Waals surface area contributed by atoms with Crippen LogP contribution in [0.25, 0.3) is 0 Å². The van der Waals surface area contributed by atoms with E-state index in [4.69, 9.17) is 9.47 Å². The van der Waals surface area contributed by atoms with Crippen molar-refractivity contribution in [3.05, 3.63) is 0 Å². The molecule has 0 saturated carbocycles. The van der Waals surface area contributed by atoms with Crippen LogP contribution in [0.4, 0.5) is 0 Å². The molecule has 0 radical (unpaired) electrons. The second-order valence-corrected chi connectivity index (χ2v) is 5.98. The number of nitrogens with zero attached hydrogens (tertiary/aromatic N) is 1. The average Bonchev–Trinajstić information content (AvgIpc) is 2.98. The van der Waals surface area contributed by atoms with Gasteiger partial charge in [-0.05, 0) is 32.2 Å². The highest BCUT2D eigenvalue weighted by atomic mass is 16.5. The van der Waals surface area contributed by atoms with Gasteiger partial charge >= 0.3 is 0 Å². The van der Waals surface area contributed by atoms with E-state index in [1.807, 2.05) is 0 Å². The highest BCUT2D eigenvalue weighted by molar-refractivity contribution is 5.78. The summed E-state index contributed by atoms with van der Waals surface area (Å²) >= 11 is 0. The van der Waals surface area contributed by atoms with E-state index in [-0.39, 0.29) is 11.9 Å². The molecular formula is C15H29N3O3. The summed E-state index contributed by atoms with van der Waals surface area (Å²) in [6, 6.07) is 0.790. The van der Waals surface area contributed by atoms with Gasteiger partial charge < -0.3 is 20.1 Å². The minimum atomic E-state index is 0.121. The molecule has 1 unspecified atom stereocenters. The molecule has 2 fully saturated rings. The Bertz CT molecular complexity index is 303. The Morgan fingerprint density at radius 2 is 2.19 bits per heavy atom. The number of methoxy groups -OCH3 is 1. The van der Waals surface area contributed by atoms with Crippen LogP contribution in [-0.2, 0) is 14.3 Å². The molecule has 0 aliphatic carbocycles. The van der Waals surface area contributed by atoms with Crippen molar-refractivity contribution < 1.29 is 14.3 Å². The largest absolute Gasteiger partial charge is 0.383 e. The minimum absolute atomic E-state index is 0.121. The van der Waals surface area contributed by atoms with Crippen LogP contribution in [0, 0.1) is 0 Å². The van der Waals surface area contributed by atoms with Crippen LogP contribution in [0.1, 0.15) is 25.7 Å². The zero-order valence-electron chi connectivity index (χ0n) is 13.1. The van der Waals surface area contributed by atoms with Gasteiger partial charge in [0.15, 0.2) is 0 Å². The molecule has 0 bridgehead atoms. The van der Waals surface area contributed by atoms with Crippen molar-refractivity contribution in [2.45, 2.75) is 37.8 Å². The summed E-state index contributed by atoms with van der Waals surface area (Å²) in [5, 5.41) is 6.62. The Kier molecular flexibility index (Phi) is 7.43. The van der Waals surface area contributed by atoms with Crippen molar-refractivity contribution >= 4 is 5.91 Å². The third-order valence-electron chi connectivity index (χ3n) is 4.21. The quantitative estimate of drug-likeness (QED) is 0.660. The number of ether oxygens (including phenoxy) is 2. The second kappa shape index (κ2) is 9.35. The smallest absolute Gasteiger partial charge is 0.234 e. The van der Waals surface area contributed by atoms with E-state index in [1.165, 1.54) is 12.8 Å². The Morgan fingerprint density at radius 1 is 1.38 bits per heavy atom. The number of amides is 1. The molecular weight excluding hydrogens is 270 g/mol. The fourth-order valence-corrected chi connectivity index (χ4v) is 3.00. The third kappa shape index (κ3) is 6.30. The Labute approximate surface area is 127 Å². The van der Waals surface area contributed by atoms with E-state index in [2.05, 4.69) is 15.5 Å². The van der Waals surface area contributed by atoms with Gasteiger partial charge in [0.1, 0.15) is 0 Å². The molecule has 2 rings (SSSR count). The van der Waals surface area contributed by atoms with Crippen molar-refractivity contribution in [2.24, 2.45) is 0 Å². The first-order chi connectivity index (χ1) is 10.3. The normalized spacial score (nSPS) is 23.6. The molecule has 6 heteroatoms. The molecule has 0 aromatic heterocycles. The summed E-state index contributed by atoms with van der Waals surface area (Å²) in [5.74, 6) is 0.121. The molecule has 122 valence electrons. The van der Waals surface area contributed by atoms with Gasteiger partial charge in [0.2, 0.25) is 5.91 Å². The van der Waals surface area contributed by atoms with Crippen LogP contribution in [-0.4, -0.2) is 76.0 Å². The van der Waals surface area contributed by atoms with E-state index in [1.54, 1.807) is 7.11 Å². The summed E-state index contributed by atoms with van der Waals surface area (Å²) in [6.07, 6.45) is 4.28. The number of carbonyl (C=O) groups excluding carboxylic acids is 1. The summed E-state index contributed by atoms with van der Waals surface area (Å²) in [7, 11) is 1.70. The summed E-state index contributed by atoms with van der Waals surface area (Å²) in [4.78, 5) is 14.4. The number of hydrogen-bond acceptors (Lipinski definition) is 5. The number of rotatable bonds is 8. The first kappa shape index (κ1) is 16.7. The predicted octanol–water partition coefficient (Wildman–Crippen LogP) is -0.0180. The fourth-order valence-electron chi connectivity index (χ4n) is 3.00. The molecule has 21 heavy (non-hydrogen) atoms. The molecule has 0 aromatic rings. The Hall–Kier alpha value is -0.690. The van der Waals surface area contributed by atoms with Crippen LogP contribution in [0.15, 0.2) is 0 Å². The van der Waals surface area contributed by atoms with Crippen LogP contribution < -0.4 is 10.6 Å². The first-order valence-electron chi connectivity index (χ1n) is 8.09. The van der Waals surface area contributed by atoms with Crippen LogP contribution in [0.2, 0.25) is 0 Å². The molecule has 2 N–H and O–H groups in total. The SMILES string of the molecule is COCCN(CC(=O)NC1CCOCC1)CC1CCCN1. The summed E-state index contributed by atoms with van der Waals surface area (Å²) in [6.45, 7) is 5.45. The van der Waals surface area contributed by atoms with Crippen molar-refractivity contribution in [1.82, 2.24) is 15.5 Å². The van der Waals surface area contributed by atoms with Crippen molar-refractivity contribution in [3.8, 4) is 0 Å². The van der Waals surface area contributed by atoms with Gasteiger partial charge in [0.05, 0.1) is 13.2 Å². The third-order valence-corrected chi connectivity index (χ3v) is 4.21. The maximum atomic E-state index is 12.2. The average molecular weight is 299 g/mol. The van der Waals surface area contributed by atoms with Gasteiger partial charge in [-0.2, -0.15) is 0 Å². The zero-order chi connectivity index (χ0) is 14.9. The molecule has 2 heterocycles. The molecule has 1 amide bonds. The highest BCUT2D eigenvalue weighted by Gasteiger charge is 2.21. The van der Waals surface area contributed by atoms with Gasteiger partial charge in [0.25, 0.3) is 0 Å². The Morgan fingerprint density at radius 3 is 2.86 bits per heavy atom. The maximum absolute atomic E-state index is 12.2. The lowest BCUT2D eigenvalue weighted by Crippen LogP contribution is -2.47. The van der Waals surface area contributed by atoms with Gasteiger partial charge in [-0.1, -0.05) is 0 Å². The minimum Gasteiger partial charge on any atom is -0.383 e. The number of carbonyl (C=O) groups is 1. The summed E-state index contributed by atoms with van der Waals surface area (Å²) < 4.78 is 10.5. The molecule has 0 aromatic carbocycles. The molecule has 2 saturated heterocycles. The molecule has 0 spiro atoms. The first-order valence-corrected chi connectivity index (χ1v) is 8.09. The van der Waals surface area contributed by atoms with Gasteiger partial charge in [-0.3, -0.25) is 9.69 Å². The molecule has 6 nitrogen and oxygen atoms in total. The molecule has 2 aliphatic rings. The lowest BCUT2D eigenvalue weighted by atomic mass is 10.1. The molecule has 2 aliphatic heterocycles. The number of nitrogens with one attached hydrogen (secondary N) is 2. The zero-order valence-corrected chi connectivity index (χ0v) is 13.1. The van der Waals surface area contributed by atoms with Crippen LogP contribution in [0.5, 0.6) is 0 Å². The van der Waals surface area contributed by atoms with E-state index in [0.29, 0.717) is 19.2 Å². The predicted molar refractivity (Wildman–Crippen MR) is 81.3 cm³/mol. The van der Waals surface area contributed by atoms with Gasteiger partial charge in [0, 0.05) is 45.5 Å². The standard InChI is InChI=1S/C15H29N3O3/c1-20-10-7-18(11-14-3-2-6-16-14)12-15(19)17-13-4-8-21-9-5-13/h13-14,16H,2-12H2,1H3,(H,17,19). The lowest BCUT2D eigenvalue weighted by Gasteiger charge is -2.27. The van der Waals surface area contributed by atoms with E-state index in [9.17, 15) is 4.79 Å². The lowest BCUT2D eigenvalue weighted by molar-refractivity contribution is -0.123. The monoisotopic (exact) mass is 299 g/mol. The van der Waals surface area contributed by atoms with E-state index < -0.39 is 0 Å². The van der Waals surface area contributed by atoms with Gasteiger partial charge in [-0.25, -0.2) is 0 Å². The van der Waals surface area contributed by atoms with Crippen molar-refractivity contribution in [2.75, 3.05) is 53.1 Å². The fraction of sp³-hybridized carbons (Fsp3) is 0.933. The van der Waals surface area contributed by atoms with Gasteiger partial charge in [-0.15, -0.1) is 0 Å². The van der Waals surface area contributed by atoms with Crippen molar-refractivity contribution in [1.29, 1.82) is 0 Å². The highest BCUT2D eigenvalue weighted by Crippen LogP contribution is 2.08. The van der Waals surface area contributed by atoms with E-state index in [0.717, 1.165) is 45.7 Å². The van der Waals surface area contributed by atoms with E-state index >= 15 is 0 Å². The second-order valence-electron chi connectivity index (χ2n) is 5.98. The van der Waals surface area contributed by atoms with Crippen LogP contribution >= 0.6 is 0 Å². The molecule has 1 atom stereocenters. The number of hydrogen-bond donors (Lipinski definition) is 2. The van der Waals surface area contributed by atoms with Crippen molar-refractivity contribution in [3.63, 3.8) is 0 Å². The topological polar surface area (TPSA) is 62.8 Å².